The van der Waals surface area contributed by atoms with Crippen LogP contribution in [0.2, 0.25) is 0 Å². The molecule has 2 aromatic rings. The summed E-state index contributed by atoms with van der Waals surface area (Å²) < 4.78 is 11.3. The first-order valence-electron chi connectivity index (χ1n) is 6.82. The van der Waals surface area contributed by atoms with Crippen molar-refractivity contribution in [3.05, 3.63) is 60.1 Å². The van der Waals surface area contributed by atoms with Crippen molar-refractivity contribution in [3.63, 3.8) is 0 Å². The van der Waals surface area contributed by atoms with Gasteiger partial charge in [0.15, 0.2) is 0 Å². The summed E-state index contributed by atoms with van der Waals surface area (Å²) in [6, 6.07) is 12.4. The molecule has 2 atom stereocenters. The molecule has 3 nitrogen and oxygen atoms in total. The van der Waals surface area contributed by atoms with Crippen LogP contribution in [0.25, 0.3) is 0 Å². The Hall–Kier alpha value is -1.58. The fraction of sp³-hybridized carbons (Fsp3) is 0.375. The monoisotopic (exact) mass is 257 g/mol. The highest BCUT2D eigenvalue weighted by molar-refractivity contribution is 5.17. The molecule has 0 bridgehead atoms. The third kappa shape index (κ3) is 3.06. The first-order chi connectivity index (χ1) is 9.43. The molecule has 3 rings (SSSR count). The van der Waals surface area contributed by atoms with Crippen LogP contribution in [0.4, 0.5) is 0 Å². The zero-order valence-corrected chi connectivity index (χ0v) is 10.9. The Morgan fingerprint density at radius 2 is 2.11 bits per heavy atom. The summed E-state index contributed by atoms with van der Waals surface area (Å²) in [4.78, 5) is 0. The van der Waals surface area contributed by atoms with Crippen LogP contribution in [-0.2, 0) is 11.3 Å². The quantitative estimate of drug-likeness (QED) is 0.914. The second kappa shape index (κ2) is 6.04. The number of ether oxygens (including phenoxy) is 1. The lowest BCUT2D eigenvalue weighted by atomic mass is 9.89. The van der Waals surface area contributed by atoms with Gasteiger partial charge in [0.25, 0.3) is 0 Å². The molecular weight excluding hydrogens is 238 g/mol. The lowest BCUT2D eigenvalue weighted by Crippen LogP contribution is -2.40. The Balaban J connectivity index is 1.64. The van der Waals surface area contributed by atoms with E-state index >= 15 is 0 Å². The number of rotatable bonds is 4. The van der Waals surface area contributed by atoms with E-state index in [4.69, 9.17) is 9.15 Å². The zero-order chi connectivity index (χ0) is 12.9. The molecule has 0 amide bonds. The zero-order valence-electron chi connectivity index (χ0n) is 10.9. The van der Waals surface area contributed by atoms with Gasteiger partial charge in [0.1, 0.15) is 0 Å². The standard InChI is InChI=1S/C16H19NO2/c1-2-4-13(5-3-1)11-19-16-10-17-8-6-15(16)14-7-9-18-12-14/h1-5,7,9,12,15-17H,6,8,10-11H2/t15-,16+/m0/s1. The topological polar surface area (TPSA) is 34.4 Å². The van der Waals surface area contributed by atoms with Gasteiger partial charge in [-0.3, -0.25) is 0 Å². The maximum atomic E-state index is 6.10. The van der Waals surface area contributed by atoms with E-state index < -0.39 is 0 Å². The first-order valence-corrected chi connectivity index (χ1v) is 6.82. The summed E-state index contributed by atoms with van der Waals surface area (Å²) in [6.45, 7) is 2.62. The van der Waals surface area contributed by atoms with Crippen molar-refractivity contribution < 1.29 is 9.15 Å². The number of nitrogens with one attached hydrogen (secondary N) is 1. The van der Waals surface area contributed by atoms with Gasteiger partial charge in [-0.25, -0.2) is 0 Å². The third-order valence-corrected chi connectivity index (χ3v) is 3.70. The minimum Gasteiger partial charge on any atom is -0.472 e. The van der Waals surface area contributed by atoms with Gasteiger partial charge < -0.3 is 14.5 Å². The number of benzene rings is 1. The summed E-state index contributed by atoms with van der Waals surface area (Å²) in [5.41, 5.74) is 2.47. The number of furan rings is 1. The lowest BCUT2D eigenvalue weighted by molar-refractivity contribution is 0.0105. The van der Waals surface area contributed by atoms with E-state index in [1.165, 1.54) is 11.1 Å². The molecule has 2 heterocycles. The lowest BCUT2D eigenvalue weighted by Gasteiger charge is -2.31. The van der Waals surface area contributed by atoms with Gasteiger partial charge in [0.05, 0.1) is 25.2 Å². The van der Waals surface area contributed by atoms with Crippen LogP contribution in [0, 0.1) is 0 Å². The molecule has 3 heteroatoms. The summed E-state index contributed by atoms with van der Waals surface area (Å²) in [6.07, 6.45) is 4.89. The average molecular weight is 257 g/mol. The highest BCUT2D eigenvalue weighted by atomic mass is 16.5. The first kappa shape index (κ1) is 12.5. The Morgan fingerprint density at radius 3 is 2.89 bits per heavy atom. The maximum absolute atomic E-state index is 6.10. The summed E-state index contributed by atoms with van der Waals surface area (Å²) in [7, 11) is 0. The number of piperidine rings is 1. The van der Waals surface area contributed by atoms with Gasteiger partial charge in [-0.05, 0) is 30.2 Å². The van der Waals surface area contributed by atoms with Crippen LogP contribution in [0.1, 0.15) is 23.5 Å². The van der Waals surface area contributed by atoms with Crippen LogP contribution in [0.5, 0.6) is 0 Å². The largest absolute Gasteiger partial charge is 0.472 e. The Labute approximate surface area is 113 Å². The van der Waals surface area contributed by atoms with E-state index in [2.05, 4.69) is 23.5 Å². The number of hydrogen-bond acceptors (Lipinski definition) is 3. The summed E-state index contributed by atoms with van der Waals surface area (Å²) in [5, 5.41) is 3.41. The molecule has 1 aliphatic heterocycles. The molecule has 1 fully saturated rings. The van der Waals surface area contributed by atoms with Crippen LogP contribution in [-0.4, -0.2) is 19.2 Å². The molecule has 1 aromatic heterocycles. The van der Waals surface area contributed by atoms with Gasteiger partial charge in [-0.1, -0.05) is 30.3 Å². The molecule has 1 N–H and O–H groups in total. The van der Waals surface area contributed by atoms with E-state index in [1.54, 1.807) is 6.26 Å². The van der Waals surface area contributed by atoms with Crippen molar-refractivity contribution in [1.82, 2.24) is 5.32 Å². The van der Waals surface area contributed by atoms with Crippen molar-refractivity contribution in [2.24, 2.45) is 0 Å². The van der Waals surface area contributed by atoms with Crippen molar-refractivity contribution in [1.29, 1.82) is 0 Å². The SMILES string of the molecule is c1ccc(CO[C@@H]2CNCC[C@H]2c2ccoc2)cc1. The van der Waals surface area contributed by atoms with E-state index in [0.29, 0.717) is 12.5 Å². The fourth-order valence-electron chi connectivity index (χ4n) is 2.65. The van der Waals surface area contributed by atoms with Gasteiger partial charge in [0, 0.05) is 12.5 Å². The average Bonchev–Trinajstić information content (AvgIpc) is 3.01. The van der Waals surface area contributed by atoms with Crippen LogP contribution in [0.3, 0.4) is 0 Å². The molecule has 0 unspecified atom stereocenters. The third-order valence-electron chi connectivity index (χ3n) is 3.70. The second-order valence-electron chi connectivity index (χ2n) is 4.99. The van der Waals surface area contributed by atoms with Crippen molar-refractivity contribution in [2.45, 2.75) is 25.0 Å². The smallest absolute Gasteiger partial charge is 0.0938 e. The van der Waals surface area contributed by atoms with Gasteiger partial charge >= 0.3 is 0 Å². The molecule has 100 valence electrons. The molecule has 19 heavy (non-hydrogen) atoms. The highest BCUT2D eigenvalue weighted by Gasteiger charge is 2.27. The van der Waals surface area contributed by atoms with Crippen LogP contribution in [0.15, 0.2) is 53.3 Å². The van der Waals surface area contributed by atoms with Gasteiger partial charge in [0.2, 0.25) is 0 Å². The minimum atomic E-state index is 0.214. The summed E-state index contributed by atoms with van der Waals surface area (Å²) >= 11 is 0. The molecule has 1 saturated heterocycles. The van der Waals surface area contributed by atoms with E-state index in [-0.39, 0.29) is 6.10 Å². The molecule has 0 spiro atoms. The number of hydrogen-bond donors (Lipinski definition) is 1. The predicted octanol–water partition coefficient (Wildman–Crippen LogP) is 2.94. The normalized spacial score (nSPS) is 23.4. The Kier molecular flexibility index (Phi) is 3.96. The van der Waals surface area contributed by atoms with Gasteiger partial charge in [-0.15, -0.1) is 0 Å². The molecule has 0 radical (unpaired) electrons. The highest BCUT2D eigenvalue weighted by Crippen LogP contribution is 2.28. The van der Waals surface area contributed by atoms with E-state index in [0.717, 1.165) is 19.5 Å². The Bertz CT molecular complexity index is 481. The Morgan fingerprint density at radius 1 is 1.21 bits per heavy atom. The molecule has 0 aliphatic carbocycles. The van der Waals surface area contributed by atoms with Gasteiger partial charge in [-0.2, -0.15) is 0 Å². The van der Waals surface area contributed by atoms with Crippen LogP contribution < -0.4 is 5.32 Å². The van der Waals surface area contributed by atoms with Crippen molar-refractivity contribution in [2.75, 3.05) is 13.1 Å². The predicted molar refractivity (Wildman–Crippen MR) is 74.0 cm³/mol. The fourth-order valence-corrected chi connectivity index (χ4v) is 2.65. The minimum absolute atomic E-state index is 0.214. The molecular formula is C16H19NO2. The van der Waals surface area contributed by atoms with Crippen molar-refractivity contribution >= 4 is 0 Å². The van der Waals surface area contributed by atoms with Crippen LogP contribution >= 0.6 is 0 Å². The van der Waals surface area contributed by atoms with Crippen molar-refractivity contribution in [3.8, 4) is 0 Å². The maximum Gasteiger partial charge on any atom is 0.0938 e. The summed E-state index contributed by atoms with van der Waals surface area (Å²) in [5.74, 6) is 0.434. The second-order valence-corrected chi connectivity index (χ2v) is 4.99. The molecule has 1 aromatic carbocycles. The van der Waals surface area contributed by atoms with E-state index in [1.807, 2.05) is 24.5 Å². The molecule has 1 aliphatic rings. The van der Waals surface area contributed by atoms with E-state index in [9.17, 15) is 0 Å². The molecule has 0 saturated carbocycles.